The Bertz CT molecular complexity index is 518. The lowest BCUT2D eigenvalue weighted by molar-refractivity contribution is 0.1000. The van der Waals surface area contributed by atoms with Crippen molar-refractivity contribution in [1.82, 2.24) is 9.78 Å². The molecule has 82 valence electrons. The predicted octanol–water partition coefficient (Wildman–Crippen LogP) is 0.612. The van der Waals surface area contributed by atoms with E-state index in [4.69, 9.17) is 11.5 Å². The van der Waals surface area contributed by atoms with Gasteiger partial charge in [-0.1, -0.05) is 18.2 Å². The van der Waals surface area contributed by atoms with Crippen molar-refractivity contribution >= 4 is 11.6 Å². The predicted molar refractivity (Wildman–Crippen MR) is 60.7 cm³/mol. The number of para-hydroxylation sites is 1. The van der Waals surface area contributed by atoms with Crippen LogP contribution in [0.5, 0.6) is 0 Å². The SMILES string of the molecule is NC(=O)c1cnn(Cc2ccccc2N)c1. The van der Waals surface area contributed by atoms with Crippen LogP contribution in [-0.4, -0.2) is 15.7 Å². The van der Waals surface area contributed by atoms with Crippen molar-refractivity contribution in [3.05, 3.63) is 47.8 Å². The van der Waals surface area contributed by atoms with E-state index in [0.717, 1.165) is 5.56 Å². The van der Waals surface area contributed by atoms with Crippen molar-refractivity contribution < 1.29 is 4.79 Å². The summed E-state index contributed by atoms with van der Waals surface area (Å²) >= 11 is 0. The number of carbonyl (C=O) groups is 1. The molecule has 16 heavy (non-hydrogen) atoms. The Balaban J connectivity index is 2.21. The number of primary amides is 1. The molecule has 0 unspecified atom stereocenters. The largest absolute Gasteiger partial charge is 0.398 e. The highest BCUT2D eigenvalue weighted by Crippen LogP contribution is 2.12. The van der Waals surface area contributed by atoms with Crippen LogP contribution in [0.2, 0.25) is 0 Å². The summed E-state index contributed by atoms with van der Waals surface area (Å²) in [6, 6.07) is 7.52. The number of anilines is 1. The maximum Gasteiger partial charge on any atom is 0.251 e. The smallest absolute Gasteiger partial charge is 0.251 e. The fourth-order valence-electron chi connectivity index (χ4n) is 1.43. The molecule has 0 atom stereocenters. The number of rotatable bonds is 3. The summed E-state index contributed by atoms with van der Waals surface area (Å²) in [6.45, 7) is 0.528. The van der Waals surface area contributed by atoms with E-state index in [1.54, 1.807) is 10.9 Å². The van der Waals surface area contributed by atoms with Gasteiger partial charge in [-0.3, -0.25) is 9.48 Å². The molecule has 0 aliphatic heterocycles. The zero-order valence-electron chi connectivity index (χ0n) is 8.63. The second-order valence-electron chi connectivity index (χ2n) is 3.49. The molecule has 5 heteroatoms. The Morgan fingerprint density at radius 2 is 2.12 bits per heavy atom. The van der Waals surface area contributed by atoms with Gasteiger partial charge in [-0.25, -0.2) is 0 Å². The van der Waals surface area contributed by atoms with Gasteiger partial charge in [0.25, 0.3) is 5.91 Å². The molecule has 0 saturated carbocycles. The zero-order valence-corrected chi connectivity index (χ0v) is 8.63. The molecule has 0 saturated heterocycles. The Kier molecular flexibility index (Phi) is 2.59. The van der Waals surface area contributed by atoms with E-state index in [-0.39, 0.29) is 0 Å². The lowest BCUT2D eigenvalue weighted by Crippen LogP contribution is -2.09. The van der Waals surface area contributed by atoms with Gasteiger partial charge in [0.15, 0.2) is 0 Å². The first-order chi connectivity index (χ1) is 7.66. The Morgan fingerprint density at radius 3 is 2.75 bits per heavy atom. The summed E-state index contributed by atoms with van der Waals surface area (Å²) in [5.74, 6) is -0.479. The van der Waals surface area contributed by atoms with Gasteiger partial charge in [0.1, 0.15) is 0 Å². The van der Waals surface area contributed by atoms with Crippen LogP contribution in [0.4, 0.5) is 5.69 Å². The molecule has 1 amide bonds. The average Bonchev–Trinajstić information content (AvgIpc) is 2.70. The third kappa shape index (κ3) is 2.03. The van der Waals surface area contributed by atoms with E-state index in [1.165, 1.54) is 6.20 Å². The van der Waals surface area contributed by atoms with Gasteiger partial charge < -0.3 is 11.5 Å². The maximum atomic E-state index is 10.9. The first kappa shape index (κ1) is 10.2. The highest BCUT2D eigenvalue weighted by atomic mass is 16.1. The Labute approximate surface area is 92.7 Å². The fourth-order valence-corrected chi connectivity index (χ4v) is 1.43. The van der Waals surface area contributed by atoms with E-state index in [2.05, 4.69) is 5.10 Å². The second kappa shape index (κ2) is 4.06. The number of nitrogens with two attached hydrogens (primary N) is 2. The molecule has 0 bridgehead atoms. The van der Waals surface area contributed by atoms with Crippen LogP contribution in [0.15, 0.2) is 36.7 Å². The fraction of sp³-hybridized carbons (Fsp3) is 0.0909. The normalized spacial score (nSPS) is 10.2. The van der Waals surface area contributed by atoms with Crippen LogP contribution in [0.1, 0.15) is 15.9 Å². The van der Waals surface area contributed by atoms with Crippen LogP contribution in [-0.2, 0) is 6.54 Å². The summed E-state index contributed by atoms with van der Waals surface area (Å²) in [4.78, 5) is 10.9. The molecule has 0 spiro atoms. The van der Waals surface area contributed by atoms with E-state index >= 15 is 0 Å². The molecular weight excluding hydrogens is 204 g/mol. The van der Waals surface area contributed by atoms with Crippen molar-refractivity contribution in [3.63, 3.8) is 0 Å². The highest BCUT2D eigenvalue weighted by molar-refractivity contribution is 5.92. The molecule has 5 nitrogen and oxygen atoms in total. The number of hydrogen-bond acceptors (Lipinski definition) is 3. The van der Waals surface area contributed by atoms with Gasteiger partial charge in [-0.15, -0.1) is 0 Å². The van der Waals surface area contributed by atoms with Crippen LogP contribution in [0.25, 0.3) is 0 Å². The second-order valence-corrected chi connectivity index (χ2v) is 3.49. The summed E-state index contributed by atoms with van der Waals surface area (Å²) in [5, 5.41) is 4.03. The molecule has 1 aromatic carbocycles. The van der Waals surface area contributed by atoms with Gasteiger partial charge in [0, 0.05) is 11.9 Å². The molecule has 0 aliphatic carbocycles. The molecular formula is C11H12N4O. The van der Waals surface area contributed by atoms with Crippen LogP contribution in [0.3, 0.4) is 0 Å². The average molecular weight is 216 g/mol. The van der Waals surface area contributed by atoms with Crippen LogP contribution >= 0.6 is 0 Å². The molecule has 0 aliphatic rings. The van der Waals surface area contributed by atoms with Gasteiger partial charge in [0.2, 0.25) is 0 Å². The van der Waals surface area contributed by atoms with Crippen molar-refractivity contribution in [3.8, 4) is 0 Å². The van der Waals surface area contributed by atoms with Crippen molar-refractivity contribution in [2.45, 2.75) is 6.54 Å². The van der Waals surface area contributed by atoms with Crippen LogP contribution in [0, 0.1) is 0 Å². The van der Waals surface area contributed by atoms with Crippen molar-refractivity contribution in [2.75, 3.05) is 5.73 Å². The van der Waals surface area contributed by atoms with Crippen molar-refractivity contribution in [2.24, 2.45) is 5.73 Å². The Morgan fingerprint density at radius 1 is 1.38 bits per heavy atom. The van der Waals surface area contributed by atoms with E-state index < -0.39 is 5.91 Å². The zero-order chi connectivity index (χ0) is 11.5. The quantitative estimate of drug-likeness (QED) is 0.737. The third-order valence-electron chi connectivity index (χ3n) is 2.31. The number of hydrogen-bond donors (Lipinski definition) is 2. The molecule has 0 radical (unpaired) electrons. The first-order valence-corrected chi connectivity index (χ1v) is 4.82. The summed E-state index contributed by atoms with van der Waals surface area (Å²) < 4.78 is 1.63. The van der Waals surface area contributed by atoms with E-state index in [0.29, 0.717) is 17.8 Å². The third-order valence-corrected chi connectivity index (χ3v) is 2.31. The van der Waals surface area contributed by atoms with Gasteiger partial charge >= 0.3 is 0 Å². The number of benzene rings is 1. The number of carbonyl (C=O) groups excluding carboxylic acids is 1. The standard InChI is InChI=1S/C11H12N4O/c12-10-4-2-1-3-8(10)6-15-7-9(5-14-15)11(13)16/h1-5,7H,6,12H2,(H2,13,16). The molecule has 4 N–H and O–H groups in total. The van der Waals surface area contributed by atoms with Crippen LogP contribution < -0.4 is 11.5 Å². The topological polar surface area (TPSA) is 86.9 Å². The number of nitrogen functional groups attached to an aromatic ring is 1. The summed E-state index contributed by atoms with van der Waals surface area (Å²) in [7, 11) is 0. The number of amides is 1. The maximum absolute atomic E-state index is 10.9. The summed E-state index contributed by atoms with van der Waals surface area (Å²) in [5.41, 5.74) is 13.0. The minimum absolute atomic E-state index is 0.398. The minimum atomic E-state index is -0.479. The van der Waals surface area contributed by atoms with E-state index in [1.807, 2.05) is 24.3 Å². The molecule has 0 fully saturated rings. The molecule has 1 heterocycles. The molecule has 2 aromatic rings. The lowest BCUT2D eigenvalue weighted by atomic mass is 10.2. The molecule has 2 rings (SSSR count). The van der Waals surface area contributed by atoms with Gasteiger partial charge in [-0.2, -0.15) is 5.10 Å². The van der Waals surface area contributed by atoms with Gasteiger partial charge in [0.05, 0.1) is 18.3 Å². The number of nitrogens with zero attached hydrogens (tertiary/aromatic N) is 2. The first-order valence-electron chi connectivity index (χ1n) is 4.82. The highest BCUT2D eigenvalue weighted by Gasteiger charge is 2.05. The van der Waals surface area contributed by atoms with E-state index in [9.17, 15) is 4.79 Å². The lowest BCUT2D eigenvalue weighted by Gasteiger charge is -2.04. The molecule has 1 aromatic heterocycles. The number of aromatic nitrogens is 2. The van der Waals surface area contributed by atoms with Gasteiger partial charge in [-0.05, 0) is 11.6 Å². The minimum Gasteiger partial charge on any atom is -0.398 e. The Hall–Kier alpha value is -2.30. The van der Waals surface area contributed by atoms with Crippen molar-refractivity contribution in [1.29, 1.82) is 0 Å². The summed E-state index contributed by atoms with van der Waals surface area (Å²) in [6.07, 6.45) is 3.05. The monoisotopic (exact) mass is 216 g/mol.